The van der Waals surface area contributed by atoms with Crippen LogP contribution in [0.15, 0.2) is 0 Å². The Labute approximate surface area is 49.0 Å². The van der Waals surface area contributed by atoms with Crippen molar-refractivity contribution in [1.29, 1.82) is 0 Å². The van der Waals surface area contributed by atoms with Crippen LogP contribution in [0.5, 0.6) is 0 Å². The SMILES string of the molecule is CC1C#CC2OC2C1. The molecule has 1 nitrogen and oxygen atoms in total. The molecule has 1 saturated heterocycles. The number of hydrogen-bond acceptors (Lipinski definition) is 1. The van der Waals surface area contributed by atoms with E-state index >= 15 is 0 Å². The predicted molar refractivity (Wildman–Crippen MR) is 30.2 cm³/mol. The van der Waals surface area contributed by atoms with Gasteiger partial charge in [-0.3, -0.25) is 0 Å². The first-order valence-corrected chi connectivity index (χ1v) is 3.03. The predicted octanol–water partition coefficient (Wildman–Crippen LogP) is 0.797. The first kappa shape index (κ1) is 4.40. The number of epoxide rings is 1. The van der Waals surface area contributed by atoms with E-state index in [2.05, 4.69) is 18.8 Å². The monoisotopic (exact) mass is 108 g/mol. The summed E-state index contributed by atoms with van der Waals surface area (Å²) in [6.07, 6.45) is 1.98. The second kappa shape index (κ2) is 1.27. The van der Waals surface area contributed by atoms with Crippen molar-refractivity contribution < 1.29 is 4.74 Å². The number of fused-ring (bicyclic) bond motifs is 1. The van der Waals surface area contributed by atoms with Gasteiger partial charge >= 0.3 is 0 Å². The number of hydrogen-bond donors (Lipinski definition) is 0. The molecule has 2 aliphatic rings. The van der Waals surface area contributed by atoms with Crippen LogP contribution >= 0.6 is 0 Å². The molecule has 3 atom stereocenters. The van der Waals surface area contributed by atoms with Gasteiger partial charge in [-0.15, -0.1) is 0 Å². The van der Waals surface area contributed by atoms with Crippen molar-refractivity contribution in [2.75, 3.05) is 0 Å². The van der Waals surface area contributed by atoms with Crippen LogP contribution in [0, 0.1) is 17.8 Å². The maximum absolute atomic E-state index is 5.17. The molecular weight excluding hydrogens is 100 g/mol. The van der Waals surface area contributed by atoms with Crippen molar-refractivity contribution >= 4 is 0 Å². The van der Waals surface area contributed by atoms with Gasteiger partial charge in [0, 0.05) is 5.92 Å². The zero-order valence-corrected chi connectivity index (χ0v) is 4.85. The lowest BCUT2D eigenvalue weighted by atomic mass is 10.0. The van der Waals surface area contributed by atoms with E-state index in [-0.39, 0.29) is 0 Å². The molecular formula is C7H8O. The molecule has 8 heavy (non-hydrogen) atoms. The number of ether oxygens (including phenoxy) is 1. The Balaban J connectivity index is 2.17. The molecule has 1 aliphatic heterocycles. The quantitative estimate of drug-likeness (QED) is 0.330. The Morgan fingerprint density at radius 2 is 2.38 bits per heavy atom. The molecule has 0 N–H and O–H groups in total. The summed E-state index contributed by atoms with van der Waals surface area (Å²) in [7, 11) is 0. The molecule has 0 aromatic carbocycles. The fourth-order valence-corrected chi connectivity index (χ4v) is 1.08. The normalized spacial score (nSPS) is 48.9. The summed E-state index contributed by atoms with van der Waals surface area (Å²) in [5.74, 6) is 6.70. The Kier molecular flexibility index (Phi) is 0.698. The molecule has 1 heteroatoms. The van der Waals surface area contributed by atoms with Gasteiger partial charge in [-0.05, 0) is 6.42 Å². The van der Waals surface area contributed by atoms with E-state index < -0.39 is 0 Å². The highest BCUT2D eigenvalue weighted by molar-refractivity contribution is 5.20. The van der Waals surface area contributed by atoms with Crippen LogP contribution in [0.25, 0.3) is 0 Å². The molecule has 0 spiro atoms. The van der Waals surface area contributed by atoms with Crippen LogP contribution in [0.2, 0.25) is 0 Å². The third kappa shape index (κ3) is 0.535. The highest BCUT2D eigenvalue weighted by Gasteiger charge is 2.39. The van der Waals surface area contributed by atoms with E-state index in [4.69, 9.17) is 4.74 Å². The van der Waals surface area contributed by atoms with Gasteiger partial charge in [-0.2, -0.15) is 0 Å². The van der Waals surface area contributed by atoms with E-state index in [1.807, 2.05) is 0 Å². The molecule has 2 rings (SSSR count). The van der Waals surface area contributed by atoms with E-state index in [0.29, 0.717) is 18.1 Å². The van der Waals surface area contributed by atoms with E-state index in [1.165, 1.54) is 0 Å². The van der Waals surface area contributed by atoms with Gasteiger partial charge in [-0.25, -0.2) is 0 Å². The van der Waals surface area contributed by atoms with Crippen LogP contribution in [0.4, 0.5) is 0 Å². The lowest BCUT2D eigenvalue weighted by molar-refractivity contribution is 0.374. The third-order valence-corrected chi connectivity index (χ3v) is 1.64. The highest BCUT2D eigenvalue weighted by Crippen LogP contribution is 2.30. The van der Waals surface area contributed by atoms with E-state index in [1.54, 1.807) is 0 Å². The first-order chi connectivity index (χ1) is 3.86. The molecule has 1 heterocycles. The largest absolute Gasteiger partial charge is 0.356 e. The standard InChI is InChI=1S/C7H8O/c1-5-2-3-6-7(4-5)8-6/h5-7H,4H2,1H3. The van der Waals surface area contributed by atoms with E-state index in [9.17, 15) is 0 Å². The smallest absolute Gasteiger partial charge is 0.144 e. The van der Waals surface area contributed by atoms with Gasteiger partial charge in [0.1, 0.15) is 6.10 Å². The minimum Gasteiger partial charge on any atom is -0.356 e. The summed E-state index contributed by atoms with van der Waals surface area (Å²) in [5.41, 5.74) is 0. The second-order valence-electron chi connectivity index (χ2n) is 2.52. The van der Waals surface area contributed by atoms with Gasteiger partial charge < -0.3 is 4.74 Å². The van der Waals surface area contributed by atoms with Gasteiger partial charge in [0.25, 0.3) is 0 Å². The van der Waals surface area contributed by atoms with Crippen molar-refractivity contribution in [1.82, 2.24) is 0 Å². The molecule has 0 saturated carbocycles. The molecule has 3 unspecified atom stereocenters. The molecule has 0 aromatic rings. The zero-order chi connectivity index (χ0) is 5.56. The maximum Gasteiger partial charge on any atom is 0.144 e. The summed E-state index contributed by atoms with van der Waals surface area (Å²) in [5, 5.41) is 0. The molecule has 1 aliphatic carbocycles. The van der Waals surface area contributed by atoms with Gasteiger partial charge in [0.05, 0.1) is 6.10 Å². The van der Waals surface area contributed by atoms with E-state index in [0.717, 1.165) is 6.42 Å². The van der Waals surface area contributed by atoms with Gasteiger partial charge in [0.15, 0.2) is 0 Å². The van der Waals surface area contributed by atoms with Crippen LogP contribution in [0.1, 0.15) is 13.3 Å². The first-order valence-electron chi connectivity index (χ1n) is 3.03. The molecule has 0 bridgehead atoms. The lowest BCUT2D eigenvalue weighted by Gasteiger charge is -2.00. The lowest BCUT2D eigenvalue weighted by Crippen LogP contribution is -2.03. The fraction of sp³-hybridized carbons (Fsp3) is 0.714. The van der Waals surface area contributed by atoms with Crippen molar-refractivity contribution in [3.05, 3.63) is 0 Å². The fourth-order valence-electron chi connectivity index (χ4n) is 1.08. The van der Waals surface area contributed by atoms with Crippen LogP contribution in [-0.4, -0.2) is 12.2 Å². The number of rotatable bonds is 0. The molecule has 0 aromatic heterocycles. The Morgan fingerprint density at radius 1 is 1.50 bits per heavy atom. The highest BCUT2D eigenvalue weighted by atomic mass is 16.6. The summed E-state index contributed by atoms with van der Waals surface area (Å²) < 4.78 is 5.17. The minimum absolute atomic E-state index is 0.325. The Morgan fingerprint density at radius 3 is 3.00 bits per heavy atom. The summed E-state index contributed by atoms with van der Waals surface area (Å²) in [6.45, 7) is 2.14. The van der Waals surface area contributed by atoms with Gasteiger partial charge in [0.2, 0.25) is 0 Å². The topological polar surface area (TPSA) is 12.5 Å². The Hall–Kier alpha value is -0.480. The average Bonchev–Trinajstić information content (AvgIpc) is 2.43. The minimum atomic E-state index is 0.325. The average molecular weight is 108 g/mol. The van der Waals surface area contributed by atoms with Crippen molar-refractivity contribution in [3.63, 3.8) is 0 Å². The maximum atomic E-state index is 5.17. The zero-order valence-electron chi connectivity index (χ0n) is 4.85. The molecule has 42 valence electrons. The van der Waals surface area contributed by atoms with Crippen LogP contribution in [-0.2, 0) is 4.74 Å². The molecule has 1 fully saturated rings. The van der Waals surface area contributed by atoms with Crippen molar-refractivity contribution in [2.24, 2.45) is 5.92 Å². The van der Waals surface area contributed by atoms with Crippen molar-refractivity contribution in [2.45, 2.75) is 25.6 Å². The summed E-state index contributed by atoms with van der Waals surface area (Å²) in [6, 6.07) is 0. The molecule has 0 radical (unpaired) electrons. The molecule has 0 amide bonds. The van der Waals surface area contributed by atoms with Crippen molar-refractivity contribution in [3.8, 4) is 11.8 Å². The third-order valence-electron chi connectivity index (χ3n) is 1.64. The second-order valence-corrected chi connectivity index (χ2v) is 2.52. The van der Waals surface area contributed by atoms with Crippen LogP contribution in [0.3, 0.4) is 0 Å². The van der Waals surface area contributed by atoms with Crippen LogP contribution < -0.4 is 0 Å². The summed E-state index contributed by atoms with van der Waals surface area (Å²) >= 11 is 0. The Bertz CT molecular complexity index is 163. The summed E-state index contributed by atoms with van der Waals surface area (Å²) in [4.78, 5) is 0. The van der Waals surface area contributed by atoms with Gasteiger partial charge in [-0.1, -0.05) is 18.8 Å².